The van der Waals surface area contributed by atoms with Crippen molar-refractivity contribution in [1.82, 2.24) is 5.32 Å². The lowest BCUT2D eigenvalue weighted by molar-refractivity contribution is 0.0918. The van der Waals surface area contributed by atoms with Crippen molar-refractivity contribution in [2.45, 2.75) is 45.1 Å². The maximum absolute atomic E-state index is 12.3. The van der Waals surface area contributed by atoms with Gasteiger partial charge in [-0.25, -0.2) is 0 Å². The third kappa shape index (κ3) is 4.06. The second-order valence-electron chi connectivity index (χ2n) is 5.24. The van der Waals surface area contributed by atoms with Gasteiger partial charge in [0.05, 0.1) is 5.56 Å². The van der Waals surface area contributed by atoms with E-state index < -0.39 is 0 Å². The Morgan fingerprint density at radius 3 is 2.89 bits per heavy atom. The highest BCUT2D eigenvalue weighted by molar-refractivity contribution is 9.11. The van der Waals surface area contributed by atoms with E-state index in [-0.39, 0.29) is 5.91 Å². The van der Waals surface area contributed by atoms with Gasteiger partial charge in [0.25, 0.3) is 5.91 Å². The van der Waals surface area contributed by atoms with E-state index in [9.17, 15) is 4.79 Å². The van der Waals surface area contributed by atoms with Crippen molar-refractivity contribution in [3.8, 4) is 0 Å². The van der Waals surface area contributed by atoms with E-state index in [0.29, 0.717) is 11.6 Å². The molecule has 2 rings (SSSR count). The molecule has 0 spiro atoms. The molecule has 4 heteroatoms. The van der Waals surface area contributed by atoms with Gasteiger partial charge in [0.15, 0.2) is 0 Å². The Morgan fingerprint density at radius 2 is 2.16 bits per heavy atom. The van der Waals surface area contributed by atoms with Gasteiger partial charge in [0.1, 0.15) is 0 Å². The fraction of sp³-hybridized carbons (Fsp3) is 0.533. The van der Waals surface area contributed by atoms with Crippen molar-refractivity contribution in [3.05, 3.63) is 32.7 Å². The molecule has 0 saturated heterocycles. The molecule has 1 aliphatic carbocycles. The van der Waals surface area contributed by atoms with Crippen LogP contribution in [-0.2, 0) is 0 Å². The van der Waals surface area contributed by atoms with Crippen LogP contribution >= 0.6 is 31.9 Å². The lowest BCUT2D eigenvalue weighted by Crippen LogP contribution is -2.38. The minimum Gasteiger partial charge on any atom is -0.349 e. The van der Waals surface area contributed by atoms with E-state index in [1.54, 1.807) is 0 Å². The van der Waals surface area contributed by atoms with Crippen LogP contribution in [0, 0.1) is 5.92 Å². The average molecular weight is 389 g/mol. The Morgan fingerprint density at radius 1 is 1.37 bits per heavy atom. The third-order valence-corrected chi connectivity index (χ3v) is 5.05. The quantitative estimate of drug-likeness (QED) is 0.782. The monoisotopic (exact) mass is 387 g/mol. The summed E-state index contributed by atoms with van der Waals surface area (Å²) in [4.78, 5) is 12.3. The number of benzene rings is 1. The van der Waals surface area contributed by atoms with E-state index >= 15 is 0 Å². The predicted octanol–water partition coefficient (Wildman–Crippen LogP) is 4.91. The summed E-state index contributed by atoms with van der Waals surface area (Å²) in [5, 5.41) is 3.18. The summed E-state index contributed by atoms with van der Waals surface area (Å²) in [7, 11) is 0. The number of amides is 1. The SMILES string of the molecule is CCC1CCCC(NC(=O)c2cc(Br)ccc2Br)C1. The zero-order valence-corrected chi connectivity index (χ0v) is 14.3. The Labute approximate surface area is 131 Å². The number of hydrogen-bond donors (Lipinski definition) is 1. The number of halogens is 2. The molecular formula is C15H19Br2NO. The van der Waals surface area contributed by atoms with Crippen LogP contribution in [0.3, 0.4) is 0 Å². The molecular weight excluding hydrogens is 370 g/mol. The molecule has 2 unspecified atom stereocenters. The van der Waals surface area contributed by atoms with Crippen LogP contribution in [0.4, 0.5) is 0 Å². The van der Waals surface area contributed by atoms with Crippen LogP contribution in [0.5, 0.6) is 0 Å². The summed E-state index contributed by atoms with van der Waals surface area (Å²) >= 11 is 6.85. The fourth-order valence-corrected chi connectivity index (χ4v) is 3.52. The standard InChI is InChI=1S/C15H19Br2NO/c1-2-10-4-3-5-12(8-10)18-15(19)13-9-11(16)6-7-14(13)17/h6-7,9-10,12H,2-5,8H2,1H3,(H,18,19). The van der Waals surface area contributed by atoms with Crippen LogP contribution < -0.4 is 5.32 Å². The Balaban J connectivity index is 2.02. The van der Waals surface area contributed by atoms with Crippen molar-refractivity contribution in [2.75, 3.05) is 0 Å². The lowest BCUT2D eigenvalue weighted by Gasteiger charge is -2.29. The number of rotatable bonds is 3. The Bertz CT molecular complexity index is 461. The Hall–Kier alpha value is -0.350. The molecule has 1 fully saturated rings. The molecule has 2 atom stereocenters. The highest BCUT2D eigenvalue weighted by Gasteiger charge is 2.23. The summed E-state index contributed by atoms with van der Waals surface area (Å²) in [6, 6.07) is 6.01. The highest BCUT2D eigenvalue weighted by atomic mass is 79.9. The molecule has 1 aromatic rings. The zero-order valence-electron chi connectivity index (χ0n) is 11.1. The van der Waals surface area contributed by atoms with Crippen molar-refractivity contribution >= 4 is 37.8 Å². The molecule has 104 valence electrons. The van der Waals surface area contributed by atoms with Crippen LogP contribution in [0.15, 0.2) is 27.1 Å². The topological polar surface area (TPSA) is 29.1 Å². The summed E-state index contributed by atoms with van der Waals surface area (Å²) < 4.78 is 1.77. The normalized spacial score (nSPS) is 23.1. The van der Waals surface area contributed by atoms with Crippen LogP contribution in [0.2, 0.25) is 0 Å². The Kier molecular flexibility index (Phi) is 5.46. The van der Waals surface area contributed by atoms with Gasteiger partial charge < -0.3 is 5.32 Å². The van der Waals surface area contributed by atoms with Crippen LogP contribution in [0.1, 0.15) is 49.4 Å². The van der Waals surface area contributed by atoms with Crippen molar-refractivity contribution < 1.29 is 4.79 Å². The first-order chi connectivity index (χ1) is 9.10. The lowest BCUT2D eigenvalue weighted by atomic mass is 9.84. The molecule has 0 bridgehead atoms. The number of carbonyl (C=O) groups is 1. The number of carbonyl (C=O) groups excluding carboxylic acids is 1. The van der Waals surface area contributed by atoms with Crippen molar-refractivity contribution in [2.24, 2.45) is 5.92 Å². The number of nitrogens with one attached hydrogen (secondary N) is 1. The second-order valence-corrected chi connectivity index (χ2v) is 7.01. The summed E-state index contributed by atoms with van der Waals surface area (Å²) in [5.74, 6) is 0.792. The summed E-state index contributed by atoms with van der Waals surface area (Å²) in [6.45, 7) is 2.24. The molecule has 0 aromatic heterocycles. The maximum Gasteiger partial charge on any atom is 0.252 e. The first-order valence-corrected chi connectivity index (χ1v) is 8.44. The molecule has 0 radical (unpaired) electrons. The summed E-state index contributed by atoms with van der Waals surface area (Å²) in [6.07, 6.45) is 5.97. The number of hydrogen-bond acceptors (Lipinski definition) is 1. The van der Waals surface area contributed by atoms with E-state index in [4.69, 9.17) is 0 Å². The minimum absolute atomic E-state index is 0.0231. The smallest absolute Gasteiger partial charge is 0.252 e. The molecule has 0 heterocycles. The largest absolute Gasteiger partial charge is 0.349 e. The van der Waals surface area contributed by atoms with Crippen LogP contribution in [0.25, 0.3) is 0 Å². The molecule has 1 amide bonds. The van der Waals surface area contributed by atoms with Crippen LogP contribution in [-0.4, -0.2) is 11.9 Å². The molecule has 19 heavy (non-hydrogen) atoms. The van der Waals surface area contributed by atoms with Gasteiger partial charge in [-0.1, -0.05) is 42.1 Å². The van der Waals surface area contributed by atoms with E-state index in [1.807, 2.05) is 18.2 Å². The average Bonchev–Trinajstić information content (AvgIpc) is 2.41. The van der Waals surface area contributed by atoms with Gasteiger partial charge in [-0.05, 0) is 52.9 Å². The molecule has 1 N–H and O–H groups in total. The fourth-order valence-electron chi connectivity index (χ4n) is 2.73. The highest BCUT2D eigenvalue weighted by Crippen LogP contribution is 2.27. The van der Waals surface area contributed by atoms with Gasteiger partial charge in [-0.3, -0.25) is 4.79 Å². The molecule has 2 nitrogen and oxygen atoms in total. The van der Waals surface area contributed by atoms with Crippen molar-refractivity contribution in [3.63, 3.8) is 0 Å². The van der Waals surface area contributed by atoms with Crippen molar-refractivity contribution in [1.29, 1.82) is 0 Å². The first kappa shape index (κ1) is 15.0. The van der Waals surface area contributed by atoms with E-state index in [1.165, 1.54) is 19.3 Å². The van der Waals surface area contributed by atoms with Gasteiger partial charge in [0.2, 0.25) is 0 Å². The van der Waals surface area contributed by atoms with Gasteiger partial charge in [-0.15, -0.1) is 0 Å². The van der Waals surface area contributed by atoms with E-state index in [0.717, 1.165) is 27.7 Å². The van der Waals surface area contributed by atoms with Gasteiger partial charge >= 0.3 is 0 Å². The van der Waals surface area contributed by atoms with E-state index in [2.05, 4.69) is 44.1 Å². The first-order valence-electron chi connectivity index (χ1n) is 6.86. The van der Waals surface area contributed by atoms with Gasteiger partial charge in [0, 0.05) is 15.0 Å². The predicted molar refractivity (Wildman–Crippen MR) is 85.3 cm³/mol. The molecule has 1 saturated carbocycles. The second kappa shape index (κ2) is 6.89. The maximum atomic E-state index is 12.3. The van der Waals surface area contributed by atoms with Gasteiger partial charge in [-0.2, -0.15) is 0 Å². The molecule has 0 aliphatic heterocycles. The summed E-state index contributed by atoms with van der Waals surface area (Å²) in [5.41, 5.74) is 0.702. The molecule has 1 aromatic carbocycles. The minimum atomic E-state index is 0.0231. The third-order valence-electron chi connectivity index (χ3n) is 3.87. The molecule has 1 aliphatic rings. The zero-order chi connectivity index (χ0) is 13.8.